The fraction of sp³-hybridized carbons (Fsp3) is 1.00. The van der Waals surface area contributed by atoms with Crippen LogP contribution < -0.4 is 5.09 Å². The van der Waals surface area contributed by atoms with Crippen molar-refractivity contribution in [1.82, 2.24) is 9.99 Å². The largest absolute Gasteiger partial charge is 0.301 e. The molecule has 1 N–H and O–H groups in total. The van der Waals surface area contributed by atoms with Crippen molar-refractivity contribution < 1.29 is 0 Å². The molecule has 8 heavy (non-hydrogen) atoms. The topological polar surface area (TPSA) is 15.3 Å². The Morgan fingerprint density at radius 1 is 1.62 bits per heavy atom. The summed E-state index contributed by atoms with van der Waals surface area (Å²) in [6.07, 6.45) is 2.66. The predicted molar refractivity (Wildman–Crippen MR) is 38.3 cm³/mol. The second-order valence-electron chi connectivity index (χ2n) is 2.21. The van der Waals surface area contributed by atoms with Crippen LogP contribution in [0.3, 0.4) is 0 Å². The standard InChI is InChI=1S/C5H13N2P/c1-6-8-4-3-7(2)5-8/h6H,3-5H2,1-2H3. The van der Waals surface area contributed by atoms with Gasteiger partial charge >= 0.3 is 0 Å². The summed E-state index contributed by atoms with van der Waals surface area (Å²) in [7, 11) is 4.43. The van der Waals surface area contributed by atoms with Crippen LogP contribution in [-0.2, 0) is 0 Å². The number of nitrogens with one attached hydrogen (secondary N) is 1. The Morgan fingerprint density at radius 2 is 2.38 bits per heavy atom. The Morgan fingerprint density at radius 3 is 2.62 bits per heavy atom. The van der Waals surface area contributed by atoms with Crippen LogP contribution >= 0.6 is 8.07 Å². The SMILES string of the molecule is CNP1CCN(C)C1. The Bertz CT molecular complexity index is 76.8. The number of nitrogens with zero attached hydrogens (tertiary/aromatic N) is 1. The van der Waals surface area contributed by atoms with Gasteiger partial charge < -0.3 is 4.90 Å². The molecule has 0 amide bonds. The summed E-state index contributed by atoms with van der Waals surface area (Å²) in [5, 5.41) is 3.32. The van der Waals surface area contributed by atoms with Crippen LogP contribution in [0, 0.1) is 0 Å². The van der Waals surface area contributed by atoms with E-state index in [1.54, 1.807) is 0 Å². The van der Waals surface area contributed by atoms with E-state index in [2.05, 4.69) is 24.1 Å². The minimum atomic E-state index is 0.194. The summed E-state index contributed by atoms with van der Waals surface area (Å²) in [5.41, 5.74) is 0. The Hall–Kier alpha value is 0.350. The summed E-state index contributed by atoms with van der Waals surface area (Å²) in [4.78, 5) is 2.38. The molecule has 48 valence electrons. The third-order valence-electron chi connectivity index (χ3n) is 1.48. The van der Waals surface area contributed by atoms with Gasteiger partial charge in [0.2, 0.25) is 0 Å². The van der Waals surface area contributed by atoms with Crippen LogP contribution in [0.2, 0.25) is 0 Å². The first kappa shape index (κ1) is 6.47. The summed E-state index contributed by atoms with van der Waals surface area (Å²) in [6.45, 7) is 1.28. The van der Waals surface area contributed by atoms with E-state index in [9.17, 15) is 0 Å². The normalized spacial score (nSPS) is 31.5. The maximum Gasteiger partial charge on any atom is 0.0313 e. The van der Waals surface area contributed by atoms with Gasteiger partial charge in [0.15, 0.2) is 0 Å². The van der Waals surface area contributed by atoms with Gasteiger partial charge in [-0.1, -0.05) is 0 Å². The first-order valence-corrected chi connectivity index (χ1v) is 4.65. The van der Waals surface area contributed by atoms with Crippen LogP contribution in [0.15, 0.2) is 0 Å². The summed E-state index contributed by atoms with van der Waals surface area (Å²) >= 11 is 0. The summed E-state index contributed by atoms with van der Waals surface area (Å²) in [5.74, 6) is 0. The molecule has 1 aliphatic rings. The van der Waals surface area contributed by atoms with Gasteiger partial charge in [0.1, 0.15) is 0 Å². The smallest absolute Gasteiger partial charge is 0.0313 e. The fourth-order valence-corrected chi connectivity index (χ4v) is 2.72. The quantitative estimate of drug-likeness (QED) is 0.523. The van der Waals surface area contributed by atoms with Crippen molar-refractivity contribution in [3.63, 3.8) is 0 Å². The third kappa shape index (κ3) is 1.41. The predicted octanol–water partition coefficient (Wildman–Crippen LogP) is 0.506. The van der Waals surface area contributed by atoms with Crippen molar-refractivity contribution in [2.45, 2.75) is 0 Å². The van der Waals surface area contributed by atoms with Gasteiger partial charge in [-0.3, -0.25) is 5.09 Å². The molecule has 1 fully saturated rings. The van der Waals surface area contributed by atoms with E-state index in [0.717, 1.165) is 0 Å². The zero-order valence-electron chi connectivity index (χ0n) is 5.52. The van der Waals surface area contributed by atoms with Crippen LogP contribution in [0.1, 0.15) is 0 Å². The van der Waals surface area contributed by atoms with Crippen LogP contribution in [-0.4, -0.2) is 38.0 Å². The fourth-order valence-electron chi connectivity index (χ4n) is 0.907. The maximum atomic E-state index is 3.32. The lowest BCUT2D eigenvalue weighted by atomic mass is 10.7. The van der Waals surface area contributed by atoms with Crippen molar-refractivity contribution in [3.8, 4) is 0 Å². The lowest BCUT2D eigenvalue weighted by Crippen LogP contribution is -2.12. The van der Waals surface area contributed by atoms with Gasteiger partial charge in [-0.05, 0) is 28.3 Å². The van der Waals surface area contributed by atoms with E-state index in [1.807, 2.05) is 0 Å². The molecule has 0 aliphatic carbocycles. The van der Waals surface area contributed by atoms with Crippen molar-refractivity contribution in [3.05, 3.63) is 0 Å². The molecule has 1 heterocycles. The molecule has 0 radical (unpaired) electrons. The number of hydrogen-bond donors (Lipinski definition) is 1. The average Bonchev–Trinajstić information content (AvgIpc) is 2.14. The first-order valence-electron chi connectivity index (χ1n) is 2.94. The molecule has 1 saturated heterocycles. The highest BCUT2D eigenvalue weighted by molar-refractivity contribution is 7.55. The molecule has 1 atom stereocenters. The summed E-state index contributed by atoms with van der Waals surface area (Å²) in [6, 6.07) is 0. The molecule has 0 spiro atoms. The molecule has 1 rings (SSSR count). The Balaban J connectivity index is 2.22. The van der Waals surface area contributed by atoms with Crippen molar-refractivity contribution in [2.75, 3.05) is 33.1 Å². The minimum absolute atomic E-state index is 0.194. The lowest BCUT2D eigenvalue weighted by molar-refractivity contribution is 0.437. The summed E-state index contributed by atoms with van der Waals surface area (Å²) < 4.78 is 0. The van der Waals surface area contributed by atoms with Crippen molar-refractivity contribution in [2.24, 2.45) is 0 Å². The lowest BCUT2D eigenvalue weighted by Gasteiger charge is -2.07. The zero-order chi connectivity index (χ0) is 5.98. The van der Waals surface area contributed by atoms with Crippen LogP contribution in [0.5, 0.6) is 0 Å². The van der Waals surface area contributed by atoms with Gasteiger partial charge in [-0.15, -0.1) is 0 Å². The third-order valence-corrected chi connectivity index (χ3v) is 3.68. The minimum Gasteiger partial charge on any atom is -0.301 e. The van der Waals surface area contributed by atoms with Crippen LogP contribution in [0.25, 0.3) is 0 Å². The molecule has 0 bridgehead atoms. The highest BCUT2D eigenvalue weighted by Crippen LogP contribution is 2.34. The highest BCUT2D eigenvalue weighted by atomic mass is 31.1. The van der Waals surface area contributed by atoms with E-state index in [0.29, 0.717) is 0 Å². The molecular formula is C5H13N2P. The highest BCUT2D eigenvalue weighted by Gasteiger charge is 2.15. The van der Waals surface area contributed by atoms with Gasteiger partial charge in [-0.2, -0.15) is 0 Å². The average molecular weight is 132 g/mol. The van der Waals surface area contributed by atoms with E-state index in [-0.39, 0.29) is 8.07 Å². The van der Waals surface area contributed by atoms with Crippen molar-refractivity contribution in [1.29, 1.82) is 0 Å². The molecule has 0 saturated carbocycles. The molecule has 0 aromatic heterocycles. The molecule has 3 heteroatoms. The molecule has 2 nitrogen and oxygen atoms in total. The molecular weight excluding hydrogens is 119 g/mol. The number of hydrogen-bond acceptors (Lipinski definition) is 2. The van der Waals surface area contributed by atoms with Gasteiger partial charge in [-0.25, -0.2) is 0 Å². The van der Waals surface area contributed by atoms with E-state index in [4.69, 9.17) is 0 Å². The second kappa shape index (κ2) is 2.77. The molecule has 1 aliphatic heterocycles. The Labute approximate surface area is 52.1 Å². The molecule has 0 aromatic rings. The van der Waals surface area contributed by atoms with E-state index < -0.39 is 0 Å². The van der Waals surface area contributed by atoms with E-state index >= 15 is 0 Å². The molecule has 0 aromatic carbocycles. The van der Waals surface area contributed by atoms with E-state index in [1.165, 1.54) is 19.0 Å². The van der Waals surface area contributed by atoms with Gasteiger partial charge in [0, 0.05) is 12.8 Å². The molecule has 1 unspecified atom stereocenters. The van der Waals surface area contributed by atoms with Gasteiger partial charge in [0.05, 0.1) is 0 Å². The van der Waals surface area contributed by atoms with Crippen molar-refractivity contribution >= 4 is 8.07 Å². The first-order chi connectivity index (χ1) is 3.83. The second-order valence-corrected chi connectivity index (χ2v) is 4.47. The van der Waals surface area contributed by atoms with Crippen LogP contribution in [0.4, 0.5) is 0 Å². The maximum absolute atomic E-state index is 3.32. The zero-order valence-corrected chi connectivity index (χ0v) is 6.41. The Kier molecular flexibility index (Phi) is 2.24. The number of rotatable bonds is 1. The van der Waals surface area contributed by atoms with Gasteiger partial charge in [0.25, 0.3) is 0 Å². The monoisotopic (exact) mass is 132 g/mol.